The fraction of sp³-hybridized carbons (Fsp3) is 0.727. The van der Waals surface area contributed by atoms with Crippen molar-refractivity contribution in [3.05, 3.63) is 6.33 Å². The van der Waals surface area contributed by atoms with Crippen LogP contribution in [0.1, 0.15) is 19.9 Å². The number of aliphatic carboxylic acids is 1. The van der Waals surface area contributed by atoms with Gasteiger partial charge in [-0.3, -0.25) is 4.79 Å². The molecule has 1 unspecified atom stereocenters. The van der Waals surface area contributed by atoms with E-state index in [0.29, 0.717) is 11.1 Å². The van der Waals surface area contributed by atoms with Crippen molar-refractivity contribution < 1.29 is 9.90 Å². The molecule has 0 aliphatic carbocycles. The SMILES string of the molecule is CC(C)C(CN(C)C)n1cnnc1SCC(=O)O. The highest BCUT2D eigenvalue weighted by molar-refractivity contribution is 7.99. The second-order valence-electron chi connectivity index (χ2n) is 4.78. The van der Waals surface area contributed by atoms with Crippen molar-refractivity contribution in [2.45, 2.75) is 25.0 Å². The van der Waals surface area contributed by atoms with Crippen molar-refractivity contribution in [3.8, 4) is 0 Å². The summed E-state index contributed by atoms with van der Waals surface area (Å²) < 4.78 is 1.97. The van der Waals surface area contributed by atoms with Crippen LogP contribution in [0.25, 0.3) is 0 Å². The zero-order valence-electron chi connectivity index (χ0n) is 11.2. The van der Waals surface area contributed by atoms with E-state index >= 15 is 0 Å². The largest absolute Gasteiger partial charge is 0.481 e. The molecule has 18 heavy (non-hydrogen) atoms. The van der Waals surface area contributed by atoms with E-state index in [0.717, 1.165) is 6.54 Å². The van der Waals surface area contributed by atoms with Crippen LogP contribution >= 0.6 is 11.8 Å². The van der Waals surface area contributed by atoms with Crippen LogP contribution in [0.4, 0.5) is 0 Å². The first-order valence-electron chi connectivity index (χ1n) is 5.80. The fourth-order valence-corrected chi connectivity index (χ4v) is 2.37. The first kappa shape index (κ1) is 15.0. The maximum atomic E-state index is 10.6. The molecule has 0 saturated carbocycles. The van der Waals surface area contributed by atoms with Gasteiger partial charge in [0.05, 0.1) is 11.8 Å². The van der Waals surface area contributed by atoms with Crippen LogP contribution < -0.4 is 0 Å². The van der Waals surface area contributed by atoms with Crippen molar-refractivity contribution >= 4 is 17.7 Å². The Hall–Kier alpha value is -1.08. The van der Waals surface area contributed by atoms with Gasteiger partial charge in [0.1, 0.15) is 6.33 Å². The summed E-state index contributed by atoms with van der Waals surface area (Å²) in [4.78, 5) is 12.7. The Morgan fingerprint density at radius 1 is 1.56 bits per heavy atom. The average molecular weight is 272 g/mol. The summed E-state index contributed by atoms with van der Waals surface area (Å²) in [6, 6.07) is 0.242. The topological polar surface area (TPSA) is 71.2 Å². The summed E-state index contributed by atoms with van der Waals surface area (Å²) in [5.41, 5.74) is 0. The second kappa shape index (κ2) is 6.75. The van der Waals surface area contributed by atoms with Crippen LogP contribution in [-0.2, 0) is 4.79 Å². The molecule has 0 aliphatic rings. The van der Waals surface area contributed by atoms with Gasteiger partial charge in [-0.25, -0.2) is 0 Å². The predicted molar refractivity (Wildman–Crippen MR) is 70.8 cm³/mol. The molecule has 0 aromatic carbocycles. The zero-order chi connectivity index (χ0) is 13.7. The highest BCUT2D eigenvalue weighted by Crippen LogP contribution is 2.24. The highest BCUT2D eigenvalue weighted by Gasteiger charge is 2.20. The number of thioether (sulfide) groups is 1. The van der Waals surface area contributed by atoms with E-state index in [-0.39, 0.29) is 11.8 Å². The van der Waals surface area contributed by atoms with Crippen LogP contribution in [0, 0.1) is 5.92 Å². The van der Waals surface area contributed by atoms with Crippen molar-refractivity contribution in [1.82, 2.24) is 19.7 Å². The van der Waals surface area contributed by atoms with Gasteiger partial charge in [0.25, 0.3) is 0 Å². The normalized spacial score (nSPS) is 13.2. The van der Waals surface area contributed by atoms with E-state index in [1.54, 1.807) is 6.33 Å². The Balaban J connectivity index is 2.84. The fourth-order valence-electron chi connectivity index (χ4n) is 1.68. The maximum absolute atomic E-state index is 10.6. The number of nitrogens with zero attached hydrogens (tertiary/aromatic N) is 4. The lowest BCUT2D eigenvalue weighted by molar-refractivity contribution is -0.133. The first-order chi connectivity index (χ1) is 8.41. The van der Waals surface area contributed by atoms with Crippen molar-refractivity contribution in [1.29, 1.82) is 0 Å². The number of aromatic nitrogens is 3. The molecule has 0 spiro atoms. The Bertz CT molecular complexity index is 392. The molecule has 102 valence electrons. The molecule has 1 rings (SSSR count). The van der Waals surface area contributed by atoms with E-state index in [4.69, 9.17) is 5.11 Å². The van der Waals surface area contributed by atoms with Gasteiger partial charge >= 0.3 is 5.97 Å². The standard InChI is InChI=1S/C11H20N4O2S/c1-8(2)9(5-14(3)4)15-7-12-13-11(15)18-6-10(16)17/h7-9H,5-6H2,1-4H3,(H,16,17). The van der Waals surface area contributed by atoms with Gasteiger partial charge in [-0.1, -0.05) is 25.6 Å². The molecule has 1 N–H and O–H groups in total. The van der Waals surface area contributed by atoms with Gasteiger partial charge < -0.3 is 14.6 Å². The van der Waals surface area contributed by atoms with Gasteiger partial charge in [0.2, 0.25) is 0 Å². The molecule has 0 fully saturated rings. The number of carboxylic acid groups (broad SMARTS) is 1. The smallest absolute Gasteiger partial charge is 0.313 e. The lowest BCUT2D eigenvalue weighted by atomic mass is 10.0. The first-order valence-corrected chi connectivity index (χ1v) is 6.79. The third-order valence-electron chi connectivity index (χ3n) is 2.54. The van der Waals surface area contributed by atoms with Gasteiger partial charge in [-0.2, -0.15) is 0 Å². The van der Waals surface area contributed by atoms with Crippen LogP contribution in [0.3, 0.4) is 0 Å². The molecule has 1 aromatic rings. The predicted octanol–water partition coefficient (Wildman–Crippen LogP) is 1.21. The quantitative estimate of drug-likeness (QED) is 0.752. The van der Waals surface area contributed by atoms with Crippen molar-refractivity contribution in [2.24, 2.45) is 5.92 Å². The van der Waals surface area contributed by atoms with E-state index < -0.39 is 5.97 Å². The summed E-state index contributed by atoms with van der Waals surface area (Å²) in [7, 11) is 4.04. The van der Waals surface area contributed by atoms with E-state index in [9.17, 15) is 4.79 Å². The van der Waals surface area contributed by atoms with E-state index in [2.05, 4.69) is 28.9 Å². The van der Waals surface area contributed by atoms with Crippen LogP contribution in [-0.4, -0.2) is 57.1 Å². The van der Waals surface area contributed by atoms with E-state index in [1.165, 1.54) is 11.8 Å². The lowest BCUT2D eigenvalue weighted by Crippen LogP contribution is -2.28. The Morgan fingerprint density at radius 3 is 2.72 bits per heavy atom. The zero-order valence-corrected chi connectivity index (χ0v) is 12.0. The number of carbonyl (C=O) groups is 1. The number of likely N-dealkylation sites (N-methyl/N-ethyl adjacent to an activating group) is 1. The van der Waals surface area contributed by atoms with Crippen LogP contribution in [0.2, 0.25) is 0 Å². The molecule has 0 saturated heterocycles. The molecule has 1 heterocycles. The summed E-state index contributed by atoms with van der Waals surface area (Å²) in [5, 5.41) is 17.3. The highest BCUT2D eigenvalue weighted by atomic mass is 32.2. The number of hydrogen-bond donors (Lipinski definition) is 1. The third-order valence-corrected chi connectivity index (χ3v) is 3.49. The van der Waals surface area contributed by atoms with Gasteiger partial charge in [-0.05, 0) is 20.0 Å². The summed E-state index contributed by atoms with van der Waals surface area (Å²) in [6.45, 7) is 5.15. The van der Waals surface area contributed by atoms with Crippen molar-refractivity contribution in [2.75, 3.05) is 26.4 Å². The summed E-state index contributed by atoms with van der Waals surface area (Å²) in [6.07, 6.45) is 1.68. The van der Waals surface area contributed by atoms with Gasteiger partial charge in [0, 0.05) is 6.54 Å². The van der Waals surface area contributed by atoms with Crippen molar-refractivity contribution in [3.63, 3.8) is 0 Å². The molecule has 1 atom stereocenters. The summed E-state index contributed by atoms with van der Waals surface area (Å²) in [5.74, 6) is -0.415. The Kier molecular flexibility index (Phi) is 5.61. The average Bonchev–Trinajstić information content (AvgIpc) is 2.70. The molecule has 7 heteroatoms. The van der Waals surface area contributed by atoms with Crippen LogP contribution in [0.5, 0.6) is 0 Å². The minimum atomic E-state index is -0.844. The minimum absolute atomic E-state index is 0.00543. The molecule has 0 radical (unpaired) electrons. The molecule has 0 bridgehead atoms. The minimum Gasteiger partial charge on any atom is -0.481 e. The lowest BCUT2D eigenvalue weighted by Gasteiger charge is -2.26. The van der Waals surface area contributed by atoms with E-state index in [1.807, 2.05) is 18.7 Å². The third kappa shape index (κ3) is 4.30. The number of hydrogen-bond acceptors (Lipinski definition) is 5. The Labute approximate surface area is 111 Å². The molecule has 6 nitrogen and oxygen atoms in total. The Morgan fingerprint density at radius 2 is 2.22 bits per heavy atom. The second-order valence-corrected chi connectivity index (χ2v) is 5.72. The molecule has 0 aliphatic heterocycles. The van der Waals surface area contributed by atoms with Gasteiger partial charge in [0.15, 0.2) is 5.16 Å². The maximum Gasteiger partial charge on any atom is 0.313 e. The van der Waals surface area contributed by atoms with Crippen LogP contribution in [0.15, 0.2) is 11.5 Å². The van der Waals surface area contributed by atoms with Gasteiger partial charge in [-0.15, -0.1) is 10.2 Å². The monoisotopic (exact) mass is 272 g/mol. The molecule has 0 amide bonds. The number of carboxylic acids is 1. The molecule has 1 aromatic heterocycles. The summed E-state index contributed by atoms with van der Waals surface area (Å²) >= 11 is 1.21. The molecular weight excluding hydrogens is 252 g/mol. The number of rotatable bonds is 7. The molecular formula is C11H20N4O2S.